The molecule has 3 aromatic rings. The predicted octanol–water partition coefficient (Wildman–Crippen LogP) is 5.38. The van der Waals surface area contributed by atoms with Gasteiger partial charge in [-0.3, -0.25) is 4.79 Å². The van der Waals surface area contributed by atoms with Crippen LogP contribution < -0.4 is 10.6 Å². The number of carbonyl (C=O) groups is 1. The van der Waals surface area contributed by atoms with E-state index in [4.69, 9.17) is 0 Å². The van der Waals surface area contributed by atoms with Crippen LogP contribution in [0.4, 0.5) is 17.2 Å². The first-order chi connectivity index (χ1) is 12.4. The number of rotatable bonds is 4. The Labute approximate surface area is 154 Å². The van der Waals surface area contributed by atoms with Gasteiger partial charge < -0.3 is 10.6 Å². The predicted molar refractivity (Wildman–Crippen MR) is 107 cm³/mol. The van der Waals surface area contributed by atoms with E-state index in [-0.39, 0.29) is 11.3 Å². The van der Waals surface area contributed by atoms with E-state index >= 15 is 0 Å². The Morgan fingerprint density at radius 3 is 2.23 bits per heavy atom. The maximum Gasteiger partial charge on any atom is 0.256 e. The summed E-state index contributed by atoms with van der Waals surface area (Å²) in [7, 11) is 0. The molecule has 4 nitrogen and oxygen atoms in total. The lowest BCUT2D eigenvalue weighted by atomic mass is 9.86. The quantitative estimate of drug-likeness (QED) is 0.668. The normalized spacial score (nSPS) is 11.0. The summed E-state index contributed by atoms with van der Waals surface area (Å²) in [6, 6.07) is 21.1. The molecule has 0 saturated heterocycles. The molecule has 0 atom stereocenters. The molecular weight excluding hydrogens is 322 g/mol. The lowest BCUT2D eigenvalue weighted by Crippen LogP contribution is -2.14. The van der Waals surface area contributed by atoms with Crippen molar-refractivity contribution >= 4 is 23.1 Å². The number of nitrogens with zero attached hydrogens (tertiary/aromatic N) is 1. The first-order valence-electron chi connectivity index (χ1n) is 8.62. The molecule has 1 heterocycles. The molecule has 26 heavy (non-hydrogen) atoms. The monoisotopic (exact) mass is 345 g/mol. The molecule has 3 rings (SSSR count). The molecule has 1 amide bonds. The van der Waals surface area contributed by atoms with Crippen molar-refractivity contribution in [1.82, 2.24) is 4.98 Å². The van der Waals surface area contributed by atoms with E-state index in [2.05, 4.69) is 48.5 Å². The van der Waals surface area contributed by atoms with E-state index in [0.29, 0.717) is 11.4 Å². The Morgan fingerprint density at radius 2 is 1.58 bits per heavy atom. The number of para-hydroxylation sites is 1. The molecule has 0 bridgehead atoms. The van der Waals surface area contributed by atoms with Gasteiger partial charge in [-0.1, -0.05) is 57.2 Å². The van der Waals surface area contributed by atoms with Crippen molar-refractivity contribution in [1.29, 1.82) is 0 Å². The van der Waals surface area contributed by atoms with Gasteiger partial charge in [0.1, 0.15) is 5.82 Å². The summed E-state index contributed by atoms with van der Waals surface area (Å²) >= 11 is 0. The average Bonchev–Trinajstić information content (AvgIpc) is 2.63. The van der Waals surface area contributed by atoms with Crippen molar-refractivity contribution in [3.8, 4) is 0 Å². The highest BCUT2D eigenvalue weighted by Crippen LogP contribution is 2.31. The fourth-order valence-corrected chi connectivity index (χ4v) is 2.72. The topological polar surface area (TPSA) is 54.0 Å². The second kappa shape index (κ2) is 7.40. The maximum atomic E-state index is 12.2. The summed E-state index contributed by atoms with van der Waals surface area (Å²) in [5.41, 5.74) is 3.82. The van der Waals surface area contributed by atoms with Crippen LogP contribution in [0.1, 0.15) is 36.7 Å². The van der Waals surface area contributed by atoms with Crippen molar-refractivity contribution in [3.63, 3.8) is 0 Å². The van der Waals surface area contributed by atoms with Crippen LogP contribution >= 0.6 is 0 Å². The molecule has 132 valence electrons. The molecule has 0 aliphatic heterocycles. The molecule has 0 spiro atoms. The van der Waals surface area contributed by atoms with Gasteiger partial charge in [0.25, 0.3) is 5.91 Å². The Balaban J connectivity index is 1.72. The summed E-state index contributed by atoms with van der Waals surface area (Å²) < 4.78 is 0. The van der Waals surface area contributed by atoms with Crippen molar-refractivity contribution in [2.75, 3.05) is 10.6 Å². The number of aromatic nitrogens is 1. The standard InChI is InChI=1S/C22H23N3O/c1-22(2,3)18-11-7-8-12-19(18)24-17-13-14-20(23-15-17)25-21(26)16-9-5-4-6-10-16/h4-15,24H,1-3H3,(H,23,25,26). The van der Waals surface area contributed by atoms with Crippen molar-refractivity contribution < 1.29 is 4.79 Å². The van der Waals surface area contributed by atoms with E-state index in [1.165, 1.54) is 5.56 Å². The number of hydrogen-bond acceptors (Lipinski definition) is 3. The van der Waals surface area contributed by atoms with Gasteiger partial charge >= 0.3 is 0 Å². The number of pyridine rings is 1. The zero-order valence-electron chi connectivity index (χ0n) is 15.3. The van der Waals surface area contributed by atoms with Crippen LogP contribution in [-0.2, 0) is 5.41 Å². The summed E-state index contributed by atoms with van der Waals surface area (Å²) in [4.78, 5) is 16.5. The van der Waals surface area contributed by atoms with Gasteiger partial charge in [-0.05, 0) is 41.3 Å². The third kappa shape index (κ3) is 4.28. The van der Waals surface area contributed by atoms with Crippen LogP contribution in [0.2, 0.25) is 0 Å². The van der Waals surface area contributed by atoms with Gasteiger partial charge in [-0.15, -0.1) is 0 Å². The minimum atomic E-state index is -0.170. The van der Waals surface area contributed by atoms with E-state index in [1.807, 2.05) is 36.4 Å². The van der Waals surface area contributed by atoms with Crippen LogP contribution in [-0.4, -0.2) is 10.9 Å². The molecule has 0 aliphatic rings. The number of benzene rings is 2. The highest BCUT2D eigenvalue weighted by Gasteiger charge is 2.17. The Hall–Kier alpha value is -3.14. The van der Waals surface area contributed by atoms with Crippen LogP contribution in [0.15, 0.2) is 72.9 Å². The number of carbonyl (C=O) groups excluding carboxylic acids is 1. The first kappa shape index (κ1) is 17.7. The SMILES string of the molecule is CC(C)(C)c1ccccc1Nc1ccc(NC(=O)c2ccccc2)nc1. The minimum absolute atomic E-state index is 0.0423. The highest BCUT2D eigenvalue weighted by molar-refractivity contribution is 6.03. The van der Waals surface area contributed by atoms with Crippen LogP contribution in [0.5, 0.6) is 0 Å². The Bertz CT molecular complexity index is 881. The van der Waals surface area contributed by atoms with Gasteiger partial charge in [0.05, 0.1) is 11.9 Å². The third-order valence-electron chi connectivity index (χ3n) is 4.06. The molecule has 0 unspecified atom stereocenters. The largest absolute Gasteiger partial charge is 0.354 e. The number of nitrogens with one attached hydrogen (secondary N) is 2. The lowest BCUT2D eigenvalue weighted by Gasteiger charge is -2.23. The smallest absolute Gasteiger partial charge is 0.256 e. The van der Waals surface area contributed by atoms with Crippen LogP contribution in [0.25, 0.3) is 0 Å². The summed E-state index contributed by atoms with van der Waals surface area (Å²) in [5, 5.41) is 6.22. The molecule has 1 aromatic heterocycles. The summed E-state index contributed by atoms with van der Waals surface area (Å²) in [6.45, 7) is 6.57. The zero-order chi connectivity index (χ0) is 18.6. The summed E-state index contributed by atoms with van der Waals surface area (Å²) in [6.07, 6.45) is 1.72. The second-order valence-electron chi connectivity index (χ2n) is 7.17. The van der Waals surface area contributed by atoms with E-state index < -0.39 is 0 Å². The van der Waals surface area contributed by atoms with Crippen molar-refractivity contribution in [2.45, 2.75) is 26.2 Å². The minimum Gasteiger partial charge on any atom is -0.354 e. The molecule has 2 N–H and O–H groups in total. The van der Waals surface area contributed by atoms with Crippen molar-refractivity contribution in [3.05, 3.63) is 84.1 Å². The molecule has 0 aliphatic carbocycles. The third-order valence-corrected chi connectivity index (χ3v) is 4.06. The maximum absolute atomic E-state index is 12.2. The number of anilines is 3. The van der Waals surface area contributed by atoms with Crippen molar-refractivity contribution in [2.24, 2.45) is 0 Å². The first-order valence-corrected chi connectivity index (χ1v) is 8.62. The van der Waals surface area contributed by atoms with Gasteiger partial charge in [-0.2, -0.15) is 0 Å². The molecule has 4 heteroatoms. The second-order valence-corrected chi connectivity index (χ2v) is 7.17. The zero-order valence-corrected chi connectivity index (χ0v) is 15.3. The fraction of sp³-hybridized carbons (Fsp3) is 0.182. The lowest BCUT2D eigenvalue weighted by molar-refractivity contribution is 0.102. The van der Waals surface area contributed by atoms with Crippen LogP contribution in [0, 0.1) is 0 Å². The fourth-order valence-electron chi connectivity index (χ4n) is 2.72. The van der Waals surface area contributed by atoms with E-state index in [0.717, 1.165) is 11.4 Å². The Kier molecular flexibility index (Phi) is 5.03. The van der Waals surface area contributed by atoms with Crippen LogP contribution in [0.3, 0.4) is 0 Å². The van der Waals surface area contributed by atoms with Gasteiger partial charge in [-0.25, -0.2) is 4.98 Å². The van der Waals surface area contributed by atoms with Gasteiger partial charge in [0.2, 0.25) is 0 Å². The molecule has 0 radical (unpaired) electrons. The van der Waals surface area contributed by atoms with Gasteiger partial charge in [0, 0.05) is 11.3 Å². The van der Waals surface area contributed by atoms with Gasteiger partial charge in [0.15, 0.2) is 0 Å². The average molecular weight is 345 g/mol. The number of amides is 1. The van der Waals surface area contributed by atoms with E-state index in [1.54, 1.807) is 24.4 Å². The molecular formula is C22H23N3O. The summed E-state index contributed by atoms with van der Waals surface area (Å²) in [5.74, 6) is 0.352. The molecule has 0 fully saturated rings. The Morgan fingerprint density at radius 1 is 0.885 bits per heavy atom. The number of hydrogen-bond donors (Lipinski definition) is 2. The highest BCUT2D eigenvalue weighted by atomic mass is 16.1. The molecule has 0 saturated carbocycles. The molecule has 2 aromatic carbocycles. The van der Waals surface area contributed by atoms with E-state index in [9.17, 15) is 4.79 Å².